The number of thioether (sulfide) groups is 1. The van der Waals surface area contributed by atoms with Gasteiger partial charge in [-0.25, -0.2) is 9.02 Å². The zero-order chi connectivity index (χ0) is 19.4. The summed E-state index contributed by atoms with van der Waals surface area (Å²) in [5.74, 6) is -0.321. The third-order valence-corrected chi connectivity index (χ3v) is 5.89. The lowest BCUT2D eigenvalue weighted by atomic mass is 10.1. The molecule has 3 rings (SSSR count). The number of aliphatic hydroxyl groups is 1. The number of likely N-dealkylation sites (tertiary alicyclic amines) is 1. The van der Waals surface area contributed by atoms with Crippen molar-refractivity contribution in [2.24, 2.45) is 0 Å². The molecule has 152 valence electrons. The van der Waals surface area contributed by atoms with Crippen molar-refractivity contribution < 1.29 is 24.4 Å². The number of amides is 1. The monoisotopic (exact) mass is 474 g/mol. The van der Waals surface area contributed by atoms with E-state index in [1.165, 1.54) is 6.07 Å². The summed E-state index contributed by atoms with van der Waals surface area (Å²) in [4.78, 5) is 14.1. The van der Waals surface area contributed by atoms with E-state index in [2.05, 4.69) is 26.2 Å². The summed E-state index contributed by atoms with van der Waals surface area (Å²) in [5, 5.41) is 25.5. The maximum Gasteiger partial charge on any atom is 0.233 e. The number of hydrogen-bond donors (Lipinski definition) is 2. The van der Waals surface area contributed by atoms with E-state index in [1.807, 2.05) is 0 Å². The minimum absolute atomic E-state index is 0. The van der Waals surface area contributed by atoms with Gasteiger partial charge in [-0.05, 0) is 56.8 Å². The molecule has 0 radical (unpaired) electrons. The number of halogens is 2. The van der Waals surface area contributed by atoms with Crippen molar-refractivity contribution in [2.75, 3.05) is 18.9 Å². The quantitative estimate of drug-likeness (QED) is 0.464. The van der Waals surface area contributed by atoms with Crippen LogP contribution in [0.15, 0.2) is 32.3 Å². The van der Waals surface area contributed by atoms with E-state index < -0.39 is 0 Å². The van der Waals surface area contributed by atoms with E-state index in [9.17, 15) is 14.3 Å². The Morgan fingerprint density at radius 2 is 2.25 bits per heavy atom. The second-order valence-electron chi connectivity index (χ2n) is 6.18. The van der Waals surface area contributed by atoms with Gasteiger partial charge in [0, 0.05) is 13.0 Å². The fraction of sp³-hybridized carbons (Fsp3) is 0.412. The first-order chi connectivity index (χ1) is 13.0. The van der Waals surface area contributed by atoms with Gasteiger partial charge in [0.25, 0.3) is 0 Å². The Kier molecular flexibility index (Phi) is 8.10. The molecule has 2 heterocycles. The molecule has 1 aliphatic heterocycles. The Morgan fingerprint density at radius 1 is 1.46 bits per heavy atom. The normalized spacial score (nSPS) is 16.1. The molecule has 1 aromatic heterocycles. The lowest BCUT2D eigenvalue weighted by Crippen LogP contribution is -2.38. The Morgan fingerprint density at radius 3 is 2.96 bits per heavy atom. The lowest BCUT2D eigenvalue weighted by Gasteiger charge is -2.22. The predicted molar refractivity (Wildman–Crippen MR) is 105 cm³/mol. The van der Waals surface area contributed by atoms with E-state index in [0.717, 1.165) is 30.2 Å². The van der Waals surface area contributed by atoms with Gasteiger partial charge in [0.05, 0.1) is 28.6 Å². The van der Waals surface area contributed by atoms with Gasteiger partial charge in [-0.3, -0.25) is 4.79 Å². The maximum absolute atomic E-state index is 13.3. The van der Waals surface area contributed by atoms with Crippen LogP contribution < -0.4 is 0 Å². The summed E-state index contributed by atoms with van der Waals surface area (Å²) in [6, 6.07) is 4.41. The first kappa shape index (κ1) is 22.5. The number of hydrogen-bond acceptors (Lipinski definition) is 7. The Labute approximate surface area is 173 Å². The van der Waals surface area contributed by atoms with Crippen LogP contribution in [0, 0.1) is 11.2 Å². The number of benzene rings is 1. The van der Waals surface area contributed by atoms with Crippen molar-refractivity contribution >= 4 is 39.3 Å². The Balaban J connectivity index is 0.00000280. The molecule has 0 aliphatic carbocycles. The molecular weight excluding hydrogens is 455 g/mol. The number of nitrogens with one attached hydrogen (secondary N) is 1. The van der Waals surface area contributed by atoms with Gasteiger partial charge in [-0.2, -0.15) is 0 Å². The van der Waals surface area contributed by atoms with Crippen LogP contribution in [0.2, 0.25) is 0 Å². The first-order valence-electron chi connectivity index (χ1n) is 8.37. The molecule has 1 atom stereocenters. The van der Waals surface area contributed by atoms with Crippen LogP contribution in [-0.4, -0.2) is 62.4 Å². The Bertz CT molecular complexity index is 850. The van der Waals surface area contributed by atoms with Crippen LogP contribution in [0.25, 0.3) is 0 Å². The standard InChI is InChI=1S/C17H18BrFN4O3S.H2O/c18-12-6-10(3-4-13(12)19)7-14(20)16-17(22-26-21-16)27-9-15(25)23-5-1-2-11(23)8-24;/h3-4,6,11,20,24H,1-2,5,7-9H2;1H2/t11-;/m0./s1. The van der Waals surface area contributed by atoms with E-state index >= 15 is 0 Å². The molecule has 8 nitrogen and oxygen atoms in total. The van der Waals surface area contributed by atoms with Crippen molar-refractivity contribution in [3.05, 3.63) is 39.7 Å². The largest absolute Gasteiger partial charge is 0.412 e. The van der Waals surface area contributed by atoms with Gasteiger partial charge in [0.2, 0.25) is 5.91 Å². The van der Waals surface area contributed by atoms with Gasteiger partial charge < -0.3 is 20.9 Å². The SMILES string of the molecule is N=C(Cc1ccc(F)c(Br)c1)c1nonc1SCC(=O)N1CCC[C@H]1CO.O. The summed E-state index contributed by atoms with van der Waals surface area (Å²) in [6.07, 6.45) is 1.92. The topological polar surface area (TPSA) is 135 Å². The average Bonchev–Trinajstić information content (AvgIpc) is 3.31. The summed E-state index contributed by atoms with van der Waals surface area (Å²) in [6.45, 7) is 0.606. The number of carbonyl (C=O) groups is 1. The molecule has 1 aliphatic rings. The van der Waals surface area contributed by atoms with Crippen LogP contribution in [0.1, 0.15) is 24.1 Å². The van der Waals surface area contributed by atoms with Crippen molar-refractivity contribution in [2.45, 2.75) is 30.3 Å². The second kappa shape index (κ2) is 10.1. The summed E-state index contributed by atoms with van der Waals surface area (Å²) in [7, 11) is 0. The molecule has 0 saturated carbocycles. The Hall–Kier alpha value is -1.82. The molecule has 0 bridgehead atoms. The number of aliphatic hydroxyl groups excluding tert-OH is 1. The lowest BCUT2D eigenvalue weighted by molar-refractivity contribution is -0.129. The number of rotatable bonds is 7. The van der Waals surface area contributed by atoms with Crippen molar-refractivity contribution in [1.82, 2.24) is 15.2 Å². The van der Waals surface area contributed by atoms with Crippen LogP contribution in [0.5, 0.6) is 0 Å². The zero-order valence-electron chi connectivity index (χ0n) is 14.8. The van der Waals surface area contributed by atoms with Crippen LogP contribution in [0.4, 0.5) is 4.39 Å². The number of nitrogens with zero attached hydrogens (tertiary/aromatic N) is 3. The number of aromatic nitrogens is 2. The highest BCUT2D eigenvalue weighted by Crippen LogP contribution is 2.24. The van der Waals surface area contributed by atoms with E-state index in [4.69, 9.17) is 10.0 Å². The average molecular weight is 475 g/mol. The summed E-state index contributed by atoms with van der Waals surface area (Å²) in [5.41, 5.74) is 1.18. The highest BCUT2D eigenvalue weighted by Gasteiger charge is 2.28. The molecule has 28 heavy (non-hydrogen) atoms. The zero-order valence-corrected chi connectivity index (χ0v) is 17.2. The van der Waals surface area contributed by atoms with Gasteiger partial charge in [0.15, 0.2) is 10.7 Å². The summed E-state index contributed by atoms with van der Waals surface area (Å²) >= 11 is 4.28. The minimum atomic E-state index is -0.369. The minimum Gasteiger partial charge on any atom is -0.412 e. The maximum atomic E-state index is 13.3. The van der Waals surface area contributed by atoms with Gasteiger partial charge in [-0.1, -0.05) is 17.8 Å². The molecule has 0 spiro atoms. The fourth-order valence-electron chi connectivity index (χ4n) is 2.96. The molecule has 4 N–H and O–H groups in total. The molecule has 1 amide bonds. The molecule has 1 fully saturated rings. The van der Waals surface area contributed by atoms with Crippen molar-refractivity contribution in [3.8, 4) is 0 Å². The van der Waals surface area contributed by atoms with Crippen LogP contribution in [-0.2, 0) is 11.2 Å². The molecule has 11 heteroatoms. The third-order valence-electron chi connectivity index (χ3n) is 4.35. The third kappa shape index (κ3) is 5.16. The van der Waals surface area contributed by atoms with Gasteiger partial charge in [0.1, 0.15) is 5.82 Å². The van der Waals surface area contributed by atoms with Crippen molar-refractivity contribution in [3.63, 3.8) is 0 Å². The highest BCUT2D eigenvalue weighted by atomic mass is 79.9. The van der Waals surface area contributed by atoms with Crippen molar-refractivity contribution in [1.29, 1.82) is 5.41 Å². The summed E-state index contributed by atoms with van der Waals surface area (Å²) < 4.78 is 18.4. The predicted octanol–water partition coefficient (Wildman–Crippen LogP) is 1.83. The highest BCUT2D eigenvalue weighted by molar-refractivity contribution is 9.10. The number of carbonyl (C=O) groups excluding carboxylic acids is 1. The van der Waals surface area contributed by atoms with E-state index in [-0.39, 0.29) is 53.4 Å². The second-order valence-corrected chi connectivity index (χ2v) is 7.99. The molecule has 0 unspecified atom stereocenters. The molecule has 1 saturated heterocycles. The van der Waals surface area contributed by atoms with E-state index in [0.29, 0.717) is 16.0 Å². The van der Waals surface area contributed by atoms with Gasteiger partial charge in [-0.15, -0.1) is 0 Å². The van der Waals surface area contributed by atoms with Crippen LogP contribution >= 0.6 is 27.7 Å². The van der Waals surface area contributed by atoms with Gasteiger partial charge >= 0.3 is 0 Å². The fourth-order valence-corrected chi connectivity index (χ4v) is 4.20. The molecule has 1 aromatic carbocycles. The van der Waals surface area contributed by atoms with Crippen LogP contribution in [0.3, 0.4) is 0 Å². The molecule has 2 aromatic rings. The smallest absolute Gasteiger partial charge is 0.233 e. The van der Waals surface area contributed by atoms with E-state index in [1.54, 1.807) is 17.0 Å². The molecular formula is C17H20BrFN4O4S. The first-order valence-corrected chi connectivity index (χ1v) is 10.1.